The number of aromatic nitrogens is 2. The summed E-state index contributed by atoms with van der Waals surface area (Å²) in [6.07, 6.45) is 1.86. The summed E-state index contributed by atoms with van der Waals surface area (Å²) in [6.45, 7) is 9.24. The maximum absolute atomic E-state index is 4.58. The molecule has 2 N–H and O–H groups in total. The minimum Gasteiger partial charge on any atom is -0.385 e. The second-order valence-corrected chi connectivity index (χ2v) is 4.53. The quantitative estimate of drug-likeness (QED) is 0.801. The molecule has 0 aliphatic carbocycles. The highest BCUT2D eigenvalue weighted by atomic mass is 15.0. The third-order valence-electron chi connectivity index (χ3n) is 2.35. The highest BCUT2D eigenvalue weighted by molar-refractivity contribution is 5.45. The van der Waals surface area contributed by atoms with Crippen LogP contribution in [0.25, 0.3) is 0 Å². The zero-order valence-corrected chi connectivity index (χ0v) is 10.8. The molecule has 0 aliphatic rings. The van der Waals surface area contributed by atoms with Crippen LogP contribution in [0.3, 0.4) is 0 Å². The standard InChI is InChI=1S/C12H22N4/c1-8(2)12-15-6-10(13-5)11(16-12)7-14-9(3)4/h6,8-9,13-14H,7H2,1-5H3. The molecule has 4 heteroatoms. The van der Waals surface area contributed by atoms with Crippen LogP contribution in [0.4, 0.5) is 5.69 Å². The van der Waals surface area contributed by atoms with E-state index in [1.165, 1.54) is 0 Å². The van der Waals surface area contributed by atoms with Gasteiger partial charge in [-0.3, -0.25) is 0 Å². The van der Waals surface area contributed by atoms with Gasteiger partial charge in [0, 0.05) is 25.6 Å². The van der Waals surface area contributed by atoms with E-state index in [-0.39, 0.29) is 0 Å². The molecular weight excluding hydrogens is 200 g/mol. The van der Waals surface area contributed by atoms with E-state index in [0.717, 1.165) is 23.8 Å². The van der Waals surface area contributed by atoms with E-state index in [9.17, 15) is 0 Å². The summed E-state index contributed by atoms with van der Waals surface area (Å²) in [4.78, 5) is 8.91. The SMILES string of the molecule is CNc1cnc(C(C)C)nc1CNC(C)C. The van der Waals surface area contributed by atoms with Gasteiger partial charge in [-0.15, -0.1) is 0 Å². The summed E-state index contributed by atoms with van der Waals surface area (Å²) in [5, 5.41) is 6.49. The minimum atomic E-state index is 0.365. The summed E-state index contributed by atoms with van der Waals surface area (Å²) in [7, 11) is 1.90. The largest absolute Gasteiger partial charge is 0.385 e. The molecule has 0 unspecified atom stereocenters. The number of hydrogen-bond acceptors (Lipinski definition) is 4. The van der Waals surface area contributed by atoms with Gasteiger partial charge in [0.15, 0.2) is 0 Å². The van der Waals surface area contributed by atoms with Crippen LogP contribution in [0, 0.1) is 0 Å². The second-order valence-electron chi connectivity index (χ2n) is 4.53. The Morgan fingerprint density at radius 2 is 1.94 bits per heavy atom. The van der Waals surface area contributed by atoms with Crippen LogP contribution >= 0.6 is 0 Å². The molecule has 4 nitrogen and oxygen atoms in total. The van der Waals surface area contributed by atoms with Crippen molar-refractivity contribution in [1.82, 2.24) is 15.3 Å². The summed E-state index contributed by atoms with van der Waals surface area (Å²) in [6, 6.07) is 0.460. The van der Waals surface area contributed by atoms with Crippen LogP contribution in [-0.4, -0.2) is 23.1 Å². The predicted molar refractivity (Wildman–Crippen MR) is 67.6 cm³/mol. The van der Waals surface area contributed by atoms with Crippen molar-refractivity contribution < 1.29 is 0 Å². The van der Waals surface area contributed by atoms with Crippen LogP contribution in [-0.2, 0) is 6.54 Å². The summed E-state index contributed by atoms with van der Waals surface area (Å²) in [5.41, 5.74) is 2.03. The number of anilines is 1. The Bertz CT molecular complexity index is 334. The second kappa shape index (κ2) is 5.80. The maximum Gasteiger partial charge on any atom is 0.131 e. The van der Waals surface area contributed by atoms with E-state index in [1.807, 2.05) is 13.2 Å². The summed E-state index contributed by atoms with van der Waals surface area (Å²) in [5.74, 6) is 1.27. The van der Waals surface area contributed by atoms with Crippen molar-refractivity contribution in [3.8, 4) is 0 Å². The van der Waals surface area contributed by atoms with Crippen molar-refractivity contribution in [2.24, 2.45) is 0 Å². The van der Waals surface area contributed by atoms with Crippen molar-refractivity contribution in [3.05, 3.63) is 17.7 Å². The van der Waals surface area contributed by atoms with Gasteiger partial charge in [0.1, 0.15) is 5.82 Å². The van der Waals surface area contributed by atoms with E-state index in [2.05, 4.69) is 48.3 Å². The molecule has 16 heavy (non-hydrogen) atoms. The normalized spacial score (nSPS) is 11.2. The highest BCUT2D eigenvalue weighted by Crippen LogP contribution is 2.15. The van der Waals surface area contributed by atoms with Crippen LogP contribution < -0.4 is 10.6 Å². The van der Waals surface area contributed by atoms with Gasteiger partial charge in [-0.2, -0.15) is 0 Å². The van der Waals surface area contributed by atoms with Crippen LogP contribution in [0.1, 0.15) is 45.1 Å². The van der Waals surface area contributed by atoms with E-state index >= 15 is 0 Å². The molecule has 0 aromatic carbocycles. The van der Waals surface area contributed by atoms with Crippen LogP contribution in [0.15, 0.2) is 6.20 Å². The van der Waals surface area contributed by atoms with Crippen molar-refractivity contribution in [1.29, 1.82) is 0 Å². The van der Waals surface area contributed by atoms with Crippen molar-refractivity contribution in [2.45, 2.75) is 46.2 Å². The van der Waals surface area contributed by atoms with Gasteiger partial charge in [0.05, 0.1) is 17.6 Å². The molecule has 0 bridgehead atoms. The van der Waals surface area contributed by atoms with E-state index in [4.69, 9.17) is 0 Å². The molecule has 1 heterocycles. The van der Waals surface area contributed by atoms with Gasteiger partial charge in [0.25, 0.3) is 0 Å². The first-order valence-electron chi connectivity index (χ1n) is 5.81. The lowest BCUT2D eigenvalue weighted by molar-refractivity contribution is 0.578. The lowest BCUT2D eigenvalue weighted by Crippen LogP contribution is -2.23. The van der Waals surface area contributed by atoms with E-state index < -0.39 is 0 Å². The minimum absolute atomic E-state index is 0.365. The Kier molecular flexibility index (Phi) is 4.68. The van der Waals surface area contributed by atoms with Gasteiger partial charge >= 0.3 is 0 Å². The summed E-state index contributed by atoms with van der Waals surface area (Å²) < 4.78 is 0. The van der Waals surface area contributed by atoms with Crippen molar-refractivity contribution in [2.75, 3.05) is 12.4 Å². The highest BCUT2D eigenvalue weighted by Gasteiger charge is 2.08. The third kappa shape index (κ3) is 3.45. The Labute approximate surface area is 97.9 Å². The first-order valence-corrected chi connectivity index (χ1v) is 5.81. The van der Waals surface area contributed by atoms with Crippen LogP contribution in [0.2, 0.25) is 0 Å². The van der Waals surface area contributed by atoms with E-state index in [1.54, 1.807) is 0 Å². The molecule has 90 valence electrons. The predicted octanol–water partition coefficient (Wildman–Crippen LogP) is 2.14. The smallest absolute Gasteiger partial charge is 0.131 e. The third-order valence-corrected chi connectivity index (χ3v) is 2.35. The van der Waals surface area contributed by atoms with Crippen molar-refractivity contribution >= 4 is 5.69 Å². The van der Waals surface area contributed by atoms with Gasteiger partial charge in [-0.25, -0.2) is 9.97 Å². The number of rotatable bonds is 5. The Morgan fingerprint density at radius 1 is 1.25 bits per heavy atom. The average molecular weight is 222 g/mol. The fourth-order valence-corrected chi connectivity index (χ4v) is 1.36. The van der Waals surface area contributed by atoms with Gasteiger partial charge in [0.2, 0.25) is 0 Å². The fraction of sp³-hybridized carbons (Fsp3) is 0.667. The molecule has 0 radical (unpaired) electrons. The molecule has 0 spiro atoms. The number of nitrogens with one attached hydrogen (secondary N) is 2. The van der Waals surface area contributed by atoms with Gasteiger partial charge in [-0.05, 0) is 0 Å². The van der Waals surface area contributed by atoms with Crippen LogP contribution in [0.5, 0.6) is 0 Å². The van der Waals surface area contributed by atoms with Gasteiger partial charge in [-0.1, -0.05) is 27.7 Å². The monoisotopic (exact) mass is 222 g/mol. The zero-order chi connectivity index (χ0) is 12.1. The van der Waals surface area contributed by atoms with Gasteiger partial charge < -0.3 is 10.6 Å². The summed E-state index contributed by atoms with van der Waals surface area (Å²) >= 11 is 0. The molecule has 0 aliphatic heterocycles. The van der Waals surface area contributed by atoms with Crippen molar-refractivity contribution in [3.63, 3.8) is 0 Å². The molecule has 0 amide bonds. The molecule has 0 saturated heterocycles. The molecular formula is C12H22N4. The lowest BCUT2D eigenvalue weighted by Gasteiger charge is -2.13. The lowest BCUT2D eigenvalue weighted by atomic mass is 10.2. The van der Waals surface area contributed by atoms with E-state index in [0.29, 0.717) is 12.0 Å². The topological polar surface area (TPSA) is 49.8 Å². The molecule has 1 aromatic heterocycles. The Morgan fingerprint density at radius 3 is 2.44 bits per heavy atom. The maximum atomic E-state index is 4.58. The average Bonchev–Trinajstić information content (AvgIpc) is 2.25. The number of hydrogen-bond donors (Lipinski definition) is 2. The molecule has 1 aromatic rings. The number of nitrogens with zero attached hydrogens (tertiary/aromatic N) is 2. The Hall–Kier alpha value is -1.16. The first-order chi connectivity index (χ1) is 7.54. The Balaban J connectivity index is 2.88. The fourth-order valence-electron chi connectivity index (χ4n) is 1.36. The molecule has 0 atom stereocenters. The molecule has 0 fully saturated rings. The molecule has 0 saturated carbocycles. The first kappa shape index (κ1) is 12.9. The zero-order valence-electron chi connectivity index (χ0n) is 10.8. The molecule has 1 rings (SSSR count).